The zero-order valence-electron chi connectivity index (χ0n) is 9.08. The van der Waals surface area contributed by atoms with E-state index < -0.39 is 6.61 Å². The first kappa shape index (κ1) is 14.7. The van der Waals surface area contributed by atoms with Gasteiger partial charge in [-0.2, -0.15) is 8.78 Å². The maximum absolute atomic E-state index is 12.3. The van der Waals surface area contributed by atoms with Crippen LogP contribution < -0.4 is 4.74 Å². The summed E-state index contributed by atoms with van der Waals surface area (Å²) in [6.45, 7) is -2.93. The molecule has 0 amide bonds. The zero-order chi connectivity index (χ0) is 14.0. The molecule has 0 unspecified atom stereocenters. The van der Waals surface area contributed by atoms with Gasteiger partial charge in [0.05, 0.1) is 9.13 Å². The summed E-state index contributed by atoms with van der Waals surface area (Å²) < 4.78 is 29.6. The highest BCUT2D eigenvalue weighted by atomic mass is 127. The van der Waals surface area contributed by atoms with Gasteiger partial charge >= 0.3 is 6.61 Å². The molecule has 19 heavy (non-hydrogen) atoms. The van der Waals surface area contributed by atoms with Crippen LogP contribution in [0, 0.1) is 3.57 Å². The summed E-state index contributed by atoms with van der Waals surface area (Å²) in [7, 11) is 0. The van der Waals surface area contributed by atoms with Crippen molar-refractivity contribution in [1.82, 2.24) is 9.97 Å². The number of ether oxygens (including phenoxy) is 1. The van der Waals surface area contributed by atoms with Crippen molar-refractivity contribution in [2.75, 3.05) is 0 Å². The van der Waals surface area contributed by atoms with E-state index in [4.69, 9.17) is 23.2 Å². The van der Waals surface area contributed by atoms with Crippen LogP contribution >= 0.6 is 45.8 Å². The van der Waals surface area contributed by atoms with E-state index in [9.17, 15) is 8.78 Å². The molecular formula is C11H5Cl2F2IN2O. The third-order valence-corrected chi connectivity index (χ3v) is 4.32. The molecule has 8 heteroatoms. The molecule has 1 aromatic heterocycles. The van der Waals surface area contributed by atoms with E-state index in [1.807, 2.05) is 22.6 Å². The van der Waals surface area contributed by atoms with E-state index in [1.54, 1.807) is 18.2 Å². The second-order valence-corrected chi connectivity index (χ2v) is 5.11. The van der Waals surface area contributed by atoms with Gasteiger partial charge in [0.15, 0.2) is 5.82 Å². The molecule has 1 aromatic carbocycles. The molecule has 1 heterocycles. The summed E-state index contributed by atoms with van der Waals surface area (Å²) >= 11 is 13.7. The lowest BCUT2D eigenvalue weighted by Gasteiger charge is -2.10. The predicted molar refractivity (Wildman–Crippen MR) is 76.8 cm³/mol. The number of halogens is 5. The van der Waals surface area contributed by atoms with Crippen molar-refractivity contribution in [3.8, 4) is 17.1 Å². The van der Waals surface area contributed by atoms with Crippen molar-refractivity contribution in [1.29, 1.82) is 0 Å². The predicted octanol–water partition coefficient (Wildman–Crippen LogP) is 4.66. The smallest absolute Gasteiger partial charge is 0.387 e. The number of hydrogen-bond donors (Lipinski definition) is 0. The van der Waals surface area contributed by atoms with Crippen LogP contribution in [0.4, 0.5) is 8.78 Å². The van der Waals surface area contributed by atoms with Crippen LogP contribution in [0.25, 0.3) is 11.4 Å². The van der Waals surface area contributed by atoms with Gasteiger partial charge in [0.1, 0.15) is 16.1 Å². The molecule has 0 saturated carbocycles. The molecule has 0 N–H and O–H groups in total. The lowest BCUT2D eigenvalue weighted by atomic mass is 10.2. The first-order valence-electron chi connectivity index (χ1n) is 4.91. The minimum atomic E-state index is -2.93. The summed E-state index contributed by atoms with van der Waals surface area (Å²) in [4.78, 5) is 8.02. The summed E-state index contributed by atoms with van der Waals surface area (Å²) in [5.74, 6) is 0.0949. The van der Waals surface area contributed by atoms with Gasteiger partial charge in [-0.3, -0.25) is 0 Å². The number of hydrogen-bond acceptors (Lipinski definition) is 3. The Balaban J connectivity index is 2.53. The van der Waals surface area contributed by atoms with Gasteiger partial charge in [0.25, 0.3) is 0 Å². The van der Waals surface area contributed by atoms with E-state index >= 15 is 0 Å². The van der Waals surface area contributed by atoms with Gasteiger partial charge in [0, 0.05) is 0 Å². The zero-order valence-corrected chi connectivity index (χ0v) is 12.7. The van der Waals surface area contributed by atoms with Gasteiger partial charge in [-0.1, -0.05) is 35.3 Å². The minimum absolute atomic E-state index is 0.0363. The van der Waals surface area contributed by atoms with Crippen molar-refractivity contribution in [3.63, 3.8) is 0 Å². The van der Waals surface area contributed by atoms with Gasteiger partial charge in [-0.05, 0) is 34.7 Å². The minimum Gasteiger partial charge on any atom is -0.434 e. The van der Waals surface area contributed by atoms with Crippen LogP contribution in [0.15, 0.2) is 24.3 Å². The lowest BCUT2D eigenvalue weighted by Crippen LogP contribution is -2.04. The Bertz CT molecular complexity index is 590. The Kier molecular flexibility index (Phi) is 4.75. The summed E-state index contributed by atoms with van der Waals surface area (Å²) in [5.41, 5.74) is 0.294. The fourth-order valence-electron chi connectivity index (χ4n) is 1.36. The Labute approximate surface area is 131 Å². The second kappa shape index (κ2) is 6.15. The monoisotopic (exact) mass is 416 g/mol. The van der Waals surface area contributed by atoms with Crippen LogP contribution in [0.1, 0.15) is 0 Å². The number of benzene rings is 1. The quantitative estimate of drug-likeness (QED) is 0.539. The Morgan fingerprint density at radius 2 is 1.68 bits per heavy atom. The largest absolute Gasteiger partial charge is 0.434 e. The molecule has 0 aliphatic carbocycles. The average Bonchev–Trinajstić information content (AvgIpc) is 2.35. The highest BCUT2D eigenvalue weighted by Crippen LogP contribution is 2.32. The van der Waals surface area contributed by atoms with Crippen LogP contribution in [-0.4, -0.2) is 16.6 Å². The standard InChI is InChI=1S/C11H5Cl2F2IN2O/c12-8-7(16)9(13)18-10(17-8)5-3-1-2-4-6(5)19-11(14)15/h1-4,11H. The molecule has 0 atom stereocenters. The van der Waals surface area contributed by atoms with E-state index in [0.29, 0.717) is 9.13 Å². The van der Waals surface area contributed by atoms with Crippen molar-refractivity contribution in [2.24, 2.45) is 0 Å². The van der Waals surface area contributed by atoms with Gasteiger partial charge in [-0.15, -0.1) is 0 Å². The van der Waals surface area contributed by atoms with Crippen LogP contribution in [0.3, 0.4) is 0 Å². The number of aromatic nitrogens is 2. The topological polar surface area (TPSA) is 35.0 Å². The molecule has 0 fully saturated rings. The molecule has 0 bridgehead atoms. The Morgan fingerprint density at radius 3 is 2.26 bits per heavy atom. The lowest BCUT2D eigenvalue weighted by molar-refractivity contribution is -0.0494. The normalized spacial score (nSPS) is 10.8. The van der Waals surface area contributed by atoms with E-state index in [2.05, 4.69) is 14.7 Å². The van der Waals surface area contributed by atoms with Crippen LogP contribution in [0.5, 0.6) is 5.75 Å². The molecule has 0 radical (unpaired) electrons. The van der Waals surface area contributed by atoms with Crippen molar-refractivity contribution < 1.29 is 13.5 Å². The number of para-hydroxylation sites is 1. The van der Waals surface area contributed by atoms with Crippen LogP contribution in [-0.2, 0) is 0 Å². The maximum atomic E-state index is 12.3. The van der Waals surface area contributed by atoms with E-state index in [0.717, 1.165) is 0 Å². The fraction of sp³-hybridized carbons (Fsp3) is 0.0909. The van der Waals surface area contributed by atoms with Crippen molar-refractivity contribution >= 4 is 45.8 Å². The summed E-state index contributed by atoms with van der Waals surface area (Å²) in [6.07, 6.45) is 0. The number of nitrogens with zero attached hydrogens (tertiary/aromatic N) is 2. The average molecular weight is 417 g/mol. The van der Waals surface area contributed by atoms with E-state index in [1.165, 1.54) is 6.07 Å². The van der Waals surface area contributed by atoms with Gasteiger partial charge in [-0.25, -0.2) is 9.97 Å². The fourth-order valence-corrected chi connectivity index (χ4v) is 1.99. The molecule has 2 aromatic rings. The van der Waals surface area contributed by atoms with Gasteiger partial charge in [0.2, 0.25) is 0 Å². The van der Waals surface area contributed by atoms with Crippen molar-refractivity contribution in [3.05, 3.63) is 38.1 Å². The maximum Gasteiger partial charge on any atom is 0.387 e. The Morgan fingerprint density at radius 1 is 1.11 bits per heavy atom. The highest BCUT2D eigenvalue weighted by Gasteiger charge is 2.16. The first-order valence-corrected chi connectivity index (χ1v) is 6.75. The Hall–Kier alpha value is -0.730. The molecule has 0 aliphatic heterocycles. The molecule has 3 nitrogen and oxygen atoms in total. The van der Waals surface area contributed by atoms with Gasteiger partial charge < -0.3 is 4.74 Å². The third-order valence-electron chi connectivity index (χ3n) is 2.11. The second-order valence-electron chi connectivity index (χ2n) is 3.32. The van der Waals surface area contributed by atoms with Crippen molar-refractivity contribution in [2.45, 2.75) is 6.61 Å². The molecule has 0 saturated heterocycles. The molecule has 2 rings (SSSR count). The number of alkyl halides is 2. The molecule has 0 aliphatic rings. The molecule has 100 valence electrons. The SMILES string of the molecule is FC(F)Oc1ccccc1-c1nc(Cl)c(I)c(Cl)n1. The van der Waals surface area contributed by atoms with E-state index in [-0.39, 0.29) is 21.9 Å². The first-order chi connectivity index (χ1) is 8.99. The third kappa shape index (κ3) is 3.43. The molecule has 0 spiro atoms. The van der Waals surface area contributed by atoms with Crippen LogP contribution in [0.2, 0.25) is 10.3 Å². The highest BCUT2D eigenvalue weighted by molar-refractivity contribution is 14.1. The summed E-state index contributed by atoms with van der Waals surface area (Å²) in [5, 5.41) is 0.310. The number of rotatable bonds is 3. The molecular weight excluding hydrogens is 412 g/mol. The summed E-state index contributed by atoms with van der Waals surface area (Å²) in [6, 6.07) is 6.16.